The van der Waals surface area contributed by atoms with E-state index >= 15 is 0 Å². The van der Waals surface area contributed by atoms with Crippen LogP contribution in [0.25, 0.3) is 10.1 Å². The molecule has 28 heavy (non-hydrogen) atoms. The first-order chi connectivity index (χ1) is 13.0. The normalized spacial score (nSPS) is 12.5. The molecule has 9 heteroatoms. The molecule has 0 unspecified atom stereocenters. The number of hydrogen-bond acceptors (Lipinski definition) is 3. The molecule has 0 saturated heterocycles. The summed E-state index contributed by atoms with van der Waals surface area (Å²) in [5, 5.41) is 1.33. The second-order valence-electron chi connectivity index (χ2n) is 6.25. The van der Waals surface area contributed by atoms with E-state index in [4.69, 9.17) is 0 Å². The predicted octanol–water partition coefficient (Wildman–Crippen LogP) is 5.72. The van der Waals surface area contributed by atoms with E-state index in [0.29, 0.717) is 17.1 Å². The van der Waals surface area contributed by atoms with Gasteiger partial charge in [-0.3, -0.25) is 4.31 Å². The van der Waals surface area contributed by atoms with Crippen molar-refractivity contribution in [2.45, 2.75) is 26.6 Å². The first-order valence-electron chi connectivity index (χ1n) is 8.38. The minimum atomic E-state index is -4.86. The monoisotopic (exact) mass is 431 g/mol. The highest BCUT2D eigenvalue weighted by atomic mass is 32.2. The van der Waals surface area contributed by atoms with Gasteiger partial charge in [0.05, 0.1) is 17.9 Å². The molecule has 0 N–H and O–H groups in total. The molecule has 2 aromatic carbocycles. The van der Waals surface area contributed by atoms with Crippen molar-refractivity contribution in [3.8, 4) is 0 Å². The zero-order chi connectivity index (χ0) is 20.7. The molecule has 1 heterocycles. The summed E-state index contributed by atoms with van der Waals surface area (Å²) in [6.07, 6.45) is -4.86. The molecule has 0 fully saturated rings. The Hall–Kier alpha value is -2.13. The van der Waals surface area contributed by atoms with E-state index in [-0.39, 0.29) is 17.9 Å². The number of hydrogen-bond donors (Lipinski definition) is 0. The fraction of sp³-hybridized carbons (Fsp3) is 0.263. The van der Waals surface area contributed by atoms with Gasteiger partial charge in [-0.1, -0.05) is 24.3 Å². The summed E-state index contributed by atoms with van der Waals surface area (Å²) in [6, 6.07) is 9.93. The molecule has 3 rings (SSSR count). The molecular formula is C19H17F4NO2S2. The van der Waals surface area contributed by atoms with Crippen LogP contribution in [0.3, 0.4) is 0 Å². The maximum Gasteiger partial charge on any atom is 0.419 e. The fourth-order valence-electron chi connectivity index (χ4n) is 2.91. The number of thiophene rings is 1. The fourth-order valence-corrected chi connectivity index (χ4v) is 5.52. The lowest BCUT2D eigenvalue weighted by Crippen LogP contribution is -2.31. The first kappa shape index (κ1) is 20.6. The minimum absolute atomic E-state index is 0.0580. The highest BCUT2D eigenvalue weighted by molar-refractivity contribution is 7.92. The maximum atomic E-state index is 13.6. The molecule has 0 amide bonds. The molecule has 0 aliphatic heterocycles. The average Bonchev–Trinajstić information content (AvgIpc) is 2.96. The molecule has 0 aliphatic rings. The van der Waals surface area contributed by atoms with Gasteiger partial charge >= 0.3 is 6.18 Å². The van der Waals surface area contributed by atoms with Crippen LogP contribution in [0.5, 0.6) is 0 Å². The standard InChI is InChI=1S/C19H17F4NO2S2/c1-3-28(25,26)24(18-12(2)14-6-4-5-7-17(14)27-18)11-13-8-9-16(20)15(10-13)19(21,22)23/h4-10H,3,11H2,1-2H3. The maximum absolute atomic E-state index is 13.6. The molecule has 150 valence electrons. The van der Waals surface area contributed by atoms with Gasteiger partial charge in [0.25, 0.3) is 0 Å². The highest BCUT2D eigenvalue weighted by Crippen LogP contribution is 2.40. The Morgan fingerprint density at radius 2 is 1.79 bits per heavy atom. The van der Waals surface area contributed by atoms with Crippen LogP contribution >= 0.6 is 11.3 Å². The zero-order valence-corrected chi connectivity index (χ0v) is 16.7. The van der Waals surface area contributed by atoms with Crippen LogP contribution in [0.2, 0.25) is 0 Å². The third kappa shape index (κ3) is 3.86. The van der Waals surface area contributed by atoms with Gasteiger partial charge < -0.3 is 0 Å². The van der Waals surface area contributed by atoms with Crippen molar-refractivity contribution in [2.75, 3.05) is 10.1 Å². The van der Waals surface area contributed by atoms with E-state index in [0.717, 1.165) is 20.0 Å². The summed E-state index contributed by atoms with van der Waals surface area (Å²) < 4.78 is 80.1. The van der Waals surface area contributed by atoms with E-state index in [2.05, 4.69) is 0 Å². The largest absolute Gasteiger partial charge is 0.419 e. The van der Waals surface area contributed by atoms with Crippen molar-refractivity contribution >= 4 is 36.4 Å². The van der Waals surface area contributed by atoms with E-state index in [9.17, 15) is 26.0 Å². The lowest BCUT2D eigenvalue weighted by Gasteiger charge is -2.24. The summed E-state index contributed by atoms with van der Waals surface area (Å²) in [7, 11) is -3.77. The smallest absolute Gasteiger partial charge is 0.256 e. The van der Waals surface area contributed by atoms with Gasteiger partial charge in [0.15, 0.2) is 0 Å². The lowest BCUT2D eigenvalue weighted by molar-refractivity contribution is -0.140. The topological polar surface area (TPSA) is 37.4 Å². The van der Waals surface area contributed by atoms with Gasteiger partial charge in [-0.15, -0.1) is 11.3 Å². The van der Waals surface area contributed by atoms with Crippen molar-refractivity contribution in [2.24, 2.45) is 0 Å². The zero-order valence-electron chi connectivity index (χ0n) is 15.0. The molecular weight excluding hydrogens is 414 g/mol. The molecule has 0 saturated carbocycles. The number of benzene rings is 2. The van der Waals surface area contributed by atoms with Crippen LogP contribution in [0, 0.1) is 12.7 Å². The van der Waals surface area contributed by atoms with E-state index in [1.165, 1.54) is 24.3 Å². The Balaban J connectivity index is 2.11. The quantitative estimate of drug-likeness (QED) is 0.484. The molecule has 0 bridgehead atoms. The molecule has 0 spiro atoms. The number of aryl methyl sites for hydroxylation is 1. The van der Waals surface area contributed by atoms with Gasteiger partial charge in [0.2, 0.25) is 10.0 Å². The molecule has 0 radical (unpaired) electrons. The first-order valence-corrected chi connectivity index (χ1v) is 10.8. The third-order valence-corrected chi connectivity index (χ3v) is 7.53. The lowest BCUT2D eigenvalue weighted by atomic mass is 10.1. The third-order valence-electron chi connectivity index (χ3n) is 4.41. The van der Waals surface area contributed by atoms with E-state index in [1.54, 1.807) is 6.92 Å². The van der Waals surface area contributed by atoms with Gasteiger partial charge in [-0.2, -0.15) is 13.2 Å². The van der Waals surface area contributed by atoms with Gasteiger partial charge in [-0.25, -0.2) is 12.8 Å². The summed E-state index contributed by atoms with van der Waals surface area (Å²) in [6.45, 7) is 2.93. The summed E-state index contributed by atoms with van der Waals surface area (Å²) >= 11 is 1.26. The Kier molecular flexibility index (Phi) is 5.42. The predicted molar refractivity (Wildman–Crippen MR) is 104 cm³/mol. The Bertz CT molecular complexity index is 1120. The summed E-state index contributed by atoms with van der Waals surface area (Å²) in [5.74, 6) is -1.60. The second kappa shape index (κ2) is 7.36. The van der Waals surface area contributed by atoms with E-state index < -0.39 is 27.6 Å². The number of anilines is 1. The molecule has 0 atom stereocenters. The van der Waals surface area contributed by atoms with Crippen LogP contribution in [0.4, 0.5) is 22.6 Å². The van der Waals surface area contributed by atoms with Crippen LogP contribution < -0.4 is 4.31 Å². The van der Waals surface area contributed by atoms with Crippen LogP contribution in [0.1, 0.15) is 23.6 Å². The van der Waals surface area contributed by atoms with Crippen molar-refractivity contribution < 1.29 is 26.0 Å². The summed E-state index contributed by atoms with van der Waals surface area (Å²) in [4.78, 5) is 0. The Morgan fingerprint density at radius 3 is 2.39 bits per heavy atom. The molecule has 0 aliphatic carbocycles. The van der Waals surface area contributed by atoms with Gasteiger partial charge in [0, 0.05) is 4.70 Å². The second-order valence-corrected chi connectivity index (χ2v) is 9.46. The minimum Gasteiger partial charge on any atom is -0.256 e. The van der Waals surface area contributed by atoms with Crippen molar-refractivity contribution in [3.05, 3.63) is 65.0 Å². The van der Waals surface area contributed by atoms with Crippen LogP contribution in [0.15, 0.2) is 42.5 Å². The Morgan fingerprint density at radius 1 is 1.11 bits per heavy atom. The highest BCUT2D eigenvalue weighted by Gasteiger charge is 2.35. The SMILES string of the molecule is CCS(=O)(=O)N(Cc1ccc(F)c(C(F)(F)F)c1)c1sc2ccccc2c1C. The average molecular weight is 431 g/mol. The van der Waals surface area contributed by atoms with Crippen molar-refractivity contribution in [1.82, 2.24) is 0 Å². The number of alkyl halides is 3. The van der Waals surface area contributed by atoms with Crippen molar-refractivity contribution in [3.63, 3.8) is 0 Å². The summed E-state index contributed by atoms with van der Waals surface area (Å²) in [5.41, 5.74) is -0.620. The van der Waals surface area contributed by atoms with Gasteiger partial charge in [-0.05, 0) is 48.6 Å². The Labute approximate surface area is 164 Å². The number of sulfonamides is 1. The number of halogens is 4. The van der Waals surface area contributed by atoms with Crippen molar-refractivity contribution in [1.29, 1.82) is 0 Å². The number of rotatable bonds is 5. The number of fused-ring (bicyclic) bond motifs is 1. The number of nitrogens with zero attached hydrogens (tertiary/aromatic N) is 1. The van der Waals surface area contributed by atoms with Crippen LogP contribution in [-0.4, -0.2) is 14.2 Å². The van der Waals surface area contributed by atoms with Gasteiger partial charge in [0.1, 0.15) is 10.8 Å². The molecule has 3 nitrogen and oxygen atoms in total. The van der Waals surface area contributed by atoms with Crippen LogP contribution in [-0.2, 0) is 22.7 Å². The molecule has 1 aromatic heterocycles. The molecule has 3 aromatic rings. The van der Waals surface area contributed by atoms with E-state index in [1.807, 2.05) is 24.3 Å².